The van der Waals surface area contributed by atoms with Crippen molar-refractivity contribution >= 4 is 23.2 Å². The summed E-state index contributed by atoms with van der Waals surface area (Å²) in [6.45, 7) is 4.77. The van der Waals surface area contributed by atoms with Crippen molar-refractivity contribution in [3.05, 3.63) is 64.7 Å². The van der Waals surface area contributed by atoms with Crippen LogP contribution >= 0.6 is 11.6 Å². The quantitative estimate of drug-likeness (QED) is 0.669. The fourth-order valence-corrected chi connectivity index (χ4v) is 3.76. The van der Waals surface area contributed by atoms with E-state index in [0.717, 1.165) is 34.3 Å². The summed E-state index contributed by atoms with van der Waals surface area (Å²) in [4.78, 5) is 15.1. The van der Waals surface area contributed by atoms with Crippen molar-refractivity contribution in [2.75, 3.05) is 32.0 Å². The second-order valence-corrected chi connectivity index (χ2v) is 7.69. The Bertz CT molecular complexity index is 726. The molecule has 3 rings (SSSR count). The van der Waals surface area contributed by atoms with E-state index in [4.69, 9.17) is 11.6 Å². The maximum atomic E-state index is 12.3. The number of halogens is 1. The van der Waals surface area contributed by atoms with Crippen molar-refractivity contribution in [2.45, 2.75) is 25.9 Å². The van der Waals surface area contributed by atoms with Gasteiger partial charge in [0.05, 0.1) is 20.1 Å². The second-order valence-electron chi connectivity index (χ2n) is 7.28. The first-order valence-corrected chi connectivity index (χ1v) is 9.75. The zero-order valence-corrected chi connectivity index (χ0v) is 16.1. The maximum absolute atomic E-state index is 12.3. The third-order valence-corrected chi connectivity index (χ3v) is 5.28. The number of anilines is 1. The van der Waals surface area contributed by atoms with Crippen LogP contribution in [-0.4, -0.2) is 32.6 Å². The van der Waals surface area contributed by atoms with Gasteiger partial charge in [0, 0.05) is 34.7 Å². The van der Waals surface area contributed by atoms with Crippen molar-refractivity contribution in [1.82, 2.24) is 0 Å². The van der Waals surface area contributed by atoms with Crippen LogP contribution in [0.1, 0.15) is 24.0 Å². The fraction of sp³-hybridized carbons (Fsp3) is 0.381. The van der Waals surface area contributed by atoms with Crippen LogP contribution in [0.25, 0.3) is 0 Å². The maximum Gasteiger partial charge on any atom is 0.279 e. The Morgan fingerprint density at radius 3 is 2.50 bits per heavy atom. The molecule has 0 aromatic heterocycles. The Balaban J connectivity index is 1.47. The van der Waals surface area contributed by atoms with Gasteiger partial charge in [0.1, 0.15) is 13.1 Å². The molecule has 0 aliphatic carbocycles. The molecule has 5 heteroatoms. The van der Waals surface area contributed by atoms with Crippen LogP contribution < -0.4 is 15.1 Å². The van der Waals surface area contributed by atoms with Crippen LogP contribution in [0.3, 0.4) is 0 Å². The lowest BCUT2D eigenvalue weighted by atomic mass is 10.2. The molecule has 138 valence electrons. The van der Waals surface area contributed by atoms with Gasteiger partial charge in [0.25, 0.3) is 5.91 Å². The standard InChI is InChI=1S/C21H26ClN3O/c1-24(15-18-6-2-3-7-20(18)22)16-21(26)23-19-10-8-17(9-11-19)14-25-12-4-5-13-25/h2-3,6-11H,4-5,12-16H2,1H3,(H,23,26)/p+2. The van der Waals surface area contributed by atoms with Gasteiger partial charge >= 0.3 is 0 Å². The van der Waals surface area contributed by atoms with Crippen LogP contribution in [0.15, 0.2) is 48.5 Å². The number of benzene rings is 2. The lowest BCUT2D eigenvalue weighted by molar-refractivity contribution is -0.901. The Labute approximate surface area is 160 Å². The van der Waals surface area contributed by atoms with E-state index in [1.807, 2.05) is 43.4 Å². The molecule has 2 aromatic rings. The van der Waals surface area contributed by atoms with Crippen molar-refractivity contribution < 1.29 is 14.6 Å². The molecule has 1 amide bonds. The average molecular weight is 374 g/mol. The van der Waals surface area contributed by atoms with Gasteiger partial charge in [-0.05, 0) is 18.2 Å². The van der Waals surface area contributed by atoms with Gasteiger partial charge in [-0.3, -0.25) is 4.79 Å². The monoisotopic (exact) mass is 373 g/mol. The number of rotatable bonds is 7. The first-order chi connectivity index (χ1) is 12.6. The number of quaternary nitrogens is 2. The summed E-state index contributed by atoms with van der Waals surface area (Å²) in [6, 6.07) is 16.0. The summed E-state index contributed by atoms with van der Waals surface area (Å²) in [5.41, 5.74) is 3.26. The van der Waals surface area contributed by atoms with Crippen molar-refractivity contribution in [1.29, 1.82) is 0 Å². The molecule has 1 aliphatic rings. The molecular formula is C21H28ClN3O+2. The highest BCUT2D eigenvalue weighted by molar-refractivity contribution is 6.31. The summed E-state index contributed by atoms with van der Waals surface area (Å²) in [6.07, 6.45) is 2.68. The Kier molecular flexibility index (Phi) is 6.67. The first-order valence-electron chi connectivity index (χ1n) is 9.37. The molecule has 1 saturated heterocycles. The topological polar surface area (TPSA) is 38.0 Å². The SMILES string of the molecule is C[NH+](CC(=O)Nc1ccc(C[NH+]2CCCC2)cc1)Cc1ccccc1Cl. The van der Waals surface area contributed by atoms with Gasteiger partial charge < -0.3 is 15.1 Å². The van der Waals surface area contributed by atoms with E-state index in [0.29, 0.717) is 6.54 Å². The van der Waals surface area contributed by atoms with Gasteiger partial charge in [-0.25, -0.2) is 0 Å². The second kappa shape index (κ2) is 9.17. The summed E-state index contributed by atoms with van der Waals surface area (Å²) < 4.78 is 0. The molecule has 4 nitrogen and oxygen atoms in total. The van der Waals surface area contributed by atoms with E-state index in [1.165, 1.54) is 31.5 Å². The van der Waals surface area contributed by atoms with E-state index in [1.54, 1.807) is 4.90 Å². The molecule has 0 spiro atoms. The van der Waals surface area contributed by atoms with Gasteiger partial charge in [0.15, 0.2) is 6.54 Å². The number of likely N-dealkylation sites (tertiary alicyclic amines) is 1. The number of likely N-dealkylation sites (N-methyl/N-ethyl adjacent to an activating group) is 1. The van der Waals surface area contributed by atoms with Gasteiger partial charge in [-0.1, -0.05) is 41.9 Å². The molecule has 0 radical (unpaired) electrons. The first kappa shape index (κ1) is 18.9. The summed E-state index contributed by atoms with van der Waals surface area (Å²) in [5, 5.41) is 3.75. The number of hydrogen-bond acceptors (Lipinski definition) is 1. The Morgan fingerprint density at radius 1 is 1.12 bits per heavy atom. The molecule has 26 heavy (non-hydrogen) atoms. The normalized spacial score (nSPS) is 15.8. The number of hydrogen-bond donors (Lipinski definition) is 3. The largest absolute Gasteiger partial charge is 0.331 e. The molecule has 1 atom stereocenters. The summed E-state index contributed by atoms with van der Waals surface area (Å²) in [5.74, 6) is 0.0208. The molecule has 1 fully saturated rings. The minimum absolute atomic E-state index is 0.0208. The minimum Gasteiger partial charge on any atom is -0.331 e. The zero-order valence-electron chi connectivity index (χ0n) is 15.4. The van der Waals surface area contributed by atoms with Crippen molar-refractivity contribution in [3.8, 4) is 0 Å². The molecule has 2 aromatic carbocycles. The Hall–Kier alpha value is -1.88. The minimum atomic E-state index is 0.0208. The van der Waals surface area contributed by atoms with Crippen LogP contribution in [0, 0.1) is 0 Å². The molecule has 0 bridgehead atoms. The predicted molar refractivity (Wildman–Crippen MR) is 106 cm³/mol. The van der Waals surface area contributed by atoms with Gasteiger partial charge in [-0.2, -0.15) is 0 Å². The van der Waals surface area contributed by atoms with E-state index < -0.39 is 0 Å². The third kappa shape index (κ3) is 5.56. The summed E-state index contributed by atoms with van der Waals surface area (Å²) >= 11 is 6.19. The van der Waals surface area contributed by atoms with E-state index in [9.17, 15) is 4.79 Å². The lowest BCUT2D eigenvalue weighted by Crippen LogP contribution is -3.08. The van der Waals surface area contributed by atoms with Crippen LogP contribution in [0.4, 0.5) is 5.69 Å². The van der Waals surface area contributed by atoms with E-state index >= 15 is 0 Å². The molecule has 3 N–H and O–H groups in total. The number of carbonyl (C=O) groups is 1. The predicted octanol–water partition coefficient (Wildman–Crippen LogP) is 1.17. The van der Waals surface area contributed by atoms with Crippen molar-refractivity contribution in [2.24, 2.45) is 0 Å². The Morgan fingerprint density at radius 2 is 1.81 bits per heavy atom. The van der Waals surface area contributed by atoms with Gasteiger partial charge in [0.2, 0.25) is 0 Å². The fourth-order valence-electron chi connectivity index (χ4n) is 3.56. The average Bonchev–Trinajstić information content (AvgIpc) is 3.11. The van der Waals surface area contributed by atoms with E-state index in [2.05, 4.69) is 17.4 Å². The zero-order chi connectivity index (χ0) is 18.4. The number of carbonyl (C=O) groups excluding carboxylic acids is 1. The highest BCUT2D eigenvalue weighted by atomic mass is 35.5. The number of amides is 1. The van der Waals surface area contributed by atoms with E-state index in [-0.39, 0.29) is 5.91 Å². The lowest BCUT2D eigenvalue weighted by Gasteiger charge is -2.15. The molecule has 1 unspecified atom stereocenters. The van der Waals surface area contributed by atoms with Crippen LogP contribution in [0.5, 0.6) is 0 Å². The molecule has 1 aliphatic heterocycles. The molecule has 1 heterocycles. The summed E-state index contributed by atoms with van der Waals surface area (Å²) in [7, 11) is 2.00. The molecule has 0 saturated carbocycles. The van der Waals surface area contributed by atoms with Gasteiger partial charge in [-0.15, -0.1) is 0 Å². The van der Waals surface area contributed by atoms with Crippen molar-refractivity contribution in [3.63, 3.8) is 0 Å². The third-order valence-electron chi connectivity index (χ3n) is 4.91. The molecular weight excluding hydrogens is 346 g/mol. The van der Waals surface area contributed by atoms with Crippen LogP contribution in [0.2, 0.25) is 5.02 Å². The van der Waals surface area contributed by atoms with Crippen LogP contribution in [-0.2, 0) is 17.9 Å². The highest BCUT2D eigenvalue weighted by Crippen LogP contribution is 2.13. The highest BCUT2D eigenvalue weighted by Gasteiger charge is 2.16. The number of nitrogens with one attached hydrogen (secondary N) is 3. The smallest absolute Gasteiger partial charge is 0.279 e.